The number of hydrogen-bond donors (Lipinski definition) is 0. The molecule has 0 spiro atoms. The first kappa shape index (κ1) is 16.1. The highest BCUT2D eigenvalue weighted by Crippen LogP contribution is 2.27. The molecule has 0 aliphatic rings. The summed E-state index contributed by atoms with van der Waals surface area (Å²) in [5.41, 5.74) is -5.17. The fraction of sp³-hybridized carbons (Fsp3) is 1.00. The van der Waals surface area contributed by atoms with Crippen LogP contribution in [-0.4, -0.2) is 36.7 Å². The van der Waals surface area contributed by atoms with Crippen LogP contribution in [0.2, 0.25) is 0 Å². The van der Waals surface area contributed by atoms with Gasteiger partial charge < -0.3 is 9.47 Å². The zero-order valence-electron chi connectivity index (χ0n) is 7.41. The van der Waals surface area contributed by atoms with Gasteiger partial charge >= 0.3 is 12.4 Å². The Morgan fingerprint density at radius 3 is 1.19 bits per heavy atom. The van der Waals surface area contributed by atoms with Gasteiger partial charge in [0, 0.05) is 0 Å². The molecule has 0 fully saturated rings. The van der Waals surface area contributed by atoms with Crippen molar-refractivity contribution in [2.75, 3.05) is 13.2 Å². The monoisotopic (exact) mass is 294 g/mol. The molecule has 0 bridgehead atoms. The fourth-order valence-electron chi connectivity index (χ4n) is 0.492. The first-order chi connectivity index (χ1) is 7.05. The highest BCUT2D eigenvalue weighted by molar-refractivity contribution is 6.20. The topological polar surface area (TPSA) is 18.5 Å². The van der Waals surface area contributed by atoms with Gasteiger partial charge in [0.05, 0.1) is 13.2 Å². The van der Waals surface area contributed by atoms with Crippen molar-refractivity contribution in [2.24, 2.45) is 0 Å². The van der Waals surface area contributed by atoms with Gasteiger partial charge in [-0.2, -0.15) is 26.3 Å². The molecule has 2 unspecified atom stereocenters. The molecule has 0 aromatic carbocycles. The third kappa shape index (κ3) is 6.62. The molecule has 0 saturated heterocycles. The van der Waals surface area contributed by atoms with E-state index in [1.165, 1.54) is 0 Å². The highest BCUT2D eigenvalue weighted by atomic mass is 35.5. The van der Waals surface area contributed by atoms with Crippen LogP contribution in [-0.2, 0) is 9.47 Å². The fourth-order valence-corrected chi connectivity index (χ4v) is 0.670. The Hall–Kier alpha value is 0.0800. The molecule has 0 aromatic heterocycles. The van der Waals surface area contributed by atoms with Crippen LogP contribution < -0.4 is 0 Å². The van der Waals surface area contributed by atoms with E-state index < -0.39 is 36.7 Å². The smallest absolute Gasteiger partial charge is 0.351 e. The second-order valence-electron chi connectivity index (χ2n) is 2.46. The van der Waals surface area contributed by atoms with Crippen molar-refractivity contribution in [3.05, 3.63) is 0 Å². The summed E-state index contributed by atoms with van der Waals surface area (Å²) >= 11 is 9.41. The molecule has 2 nitrogen and oxygen atoms in total. The molecule has 10 heteroatoms. The van der Waals surface area contributed by atoms with Gasteiger partial charge in [-0.3, -0.25) is 0 Å². The number of ether oxygens (including phenoxy) is 2. The minimum absolute atomic E-state index is 0.757. The summed E-state index contributed by atoms with van der Waals surface area (Å²) < 4.78 is 78.2. The Balaban J connectivity index is 3.70. The predicted molar refractivity (Wildman–Crippen MR) is 43.3 cm³/mol. The molecule has 98 valence electrons. The second kappa shape index (κ2) is 6.13. The van der Waals surface area contributed by atoms with Gasteiger partial charge in [-0.05, 0) is 0 Å². The minimum Gasteiger partial charge on any atom is -0.351 e. The normalized spacial score (nSPS) is 17.2. The van der Waals surface area contributed by atoms with Crippen molar-refractivity contribution in [3.63, 3.8) is 0 Å². The van der Waals surface area contributed by atoms with Crippen LogP contribution in [0.5, 0.6) is 0 Å². The molecule has 0 rings (SSSR count). The SMILES string of the molecule is FC(F)(F)C(Cl)OCCOC(Cl)C(F)(F)F. The van der Waals surface area contributed by atoms with Gasteiger partial charge in [-0.25, -0.2) is 0 Å². The van der Waals surface area contributed by atoms with Gasteiger partial charge in [-0.1, -0.05) is 23.2 Å². The maximum absolute atomic E-state index is 11.7. The molecule has 0 amide bonds. The molecule has 0 aliphatic heterocycles. The standard InChI is InChI=1S/C6H6Cl2F6O2/c7-3(5(9,10)11)15-1-2-16-4(8)6(12,13)14/h3-4H,1-2H2. The zero-order valence-corrected chi connectivity index (χ0v) is 8.92. The number of hydrogen-bond acceptors (Lipinski definition) is 2. The molecule has 0 aliphatic carbocycles. The maximum atomic E-state index is 11.7. The van der Waals surface area contributed by atoms with E-state index in [1.54, 1.807) is 0 Å². The molecule has 0 saturated carbocycles. The lowest BCUT2D eigenvalue weighted by molar-refractivity contribution is -0.209. The van der Waals surface area contributed by atoms with E-state index in [2.05, 4.69) is 9.47 Å². The summed E-state index contributed by atoms with van der Waals surface area (Å²) in [5, 5.41) is 0. The summed E-state index contributed by atoms with van der Waals surface area (Å²) in [6.45, 7) is -1.51. The van der Waals surface area contributed by atoms with Crippen LogP contribution in [0, 0.1) is 0 Å². The molecule has 2 atom stereocenters. The van der Waals surface area contributed by atoms with Crippen LogP contribution in [0.25, 0.3) is 0 Å². The highest BCUT2D eigenvalue weighted by Gasteiger charge is 2.40. The van der Waals surface area contributed by atoms with E-state index in [0.717, 1.165) is 0 Å². The van der Waals surface area contributed by atoms with Crippen LogP contribution in [0.3, 0.4) is 0 Å². The number of rotatable bonds is 5. The van der Waals surface area contributed by atoms with Crippen LogP contribution in [0.1, 0.15) is 0 Å². The maximum Gasteiger partial charge on any atom is 0.428 e. The molecule has 0 aromatic rings. The Labute approximate surface area is 96.4 Å². The largest absolute Gasteiger partial charge is 0.428 e. The van der Waals surface area contributed by atoms with Crippen LogP contribution >= 0.6 is 23.2 Å². The van der Waals surface area contributed by atoms with Gasteiger partial charge in [-0.15, -0.1) is 0 Å². The molecule has 16 heavy (non-hydrogen) atoms. The lowest BCUT2D eigenvalue weighted by atomic mass is 10.6. The van der Waals surface area contributed by atoms with Crippen molar-refractivity contribution >= 4 is 23.2 Å². The van der Waals surface area contributed by atoms with E-state index in [4.69, 9.17) is 23.2 Å². The van der Waals surface area contributed by atoms with E-state index in [0.29, 0.717) is 0 Å². The van der Waals surface area contributed by atoms with Crippen molar-refractivity contribution in [2.45, 2.75) is 23.5 Å². The van der Waals surface area contributed by atoms with Crippen molar-refractivity contribution in [3.8, 4) is 0 Å². The molecular weight excluding hydrogens is 289 g/mol. The third-order valence-electron chi connectivity index (χ3n) is 1.13. The second-order valence-corrected chi connectivity index (χ2v) is 3.25. The quantitative estimate of drug-likeness (QED) is 0.440. The number of halogens is 8. The van der Waals surface area contributed by atoms with E-state index in [9.17, 15) is 26.3 Å². The van der Waals surface area contributed by atoms with E-state index in [1.807, 2.05) is 0 Å². The van der Waals surface area contributed by atoms with Crippen molar-refractivity contribution < 1.29 is 35.8 Å². The Morgan fingerprint density at radius 1 is 0.750 bits per heavy atom. The summed E-state index contributed by atoms with van der Waals surface area (Å²) in [5.74, 6) is 0. The van der Waals surface area contributed by atoms with Crippen LogP contribution in [0.15, 0.2) is 0 Å². The van der Waals surface area contributed by atoms with Gasteiger partial charge in [0.1, 0.15) is 0 Å². The summed E-state index contributed by atoms with van der Waals surface area (Å²) in [7, 11) is 0. The van der Waals surface area contributed by atoms with E-state index in [-0.39, 0.29) is 0 Å². The summed E-state index contributed by atoms with van der Waals surface area (Å²) in [6, 6.07) is 0. The Kier molecular flexibility index (Phi) is 6.16. The molecule has 0 heterocycles. The Bertz CT molecular complexity index is 184. The van der Waals surface area contributed by atoms with E-state index >= 15 is 0 Å². The Morgan fingerprint density at radius 2 is 1.00 bits per heavy atom. The van der Waals surface area contributed by atoms with Crippen molar-refractivity contribution in [1.82, 2.24) is 0 Å². The van der Waals surface area contributed by atoms with Gasteiger partial charge in [0.25, 0.3) is 0 Å². The lowest BCUT2D eigenvalue weighted by Gasteiger charge is -2.16. The summed E-state index contributed by atoms with van der Waals surface area (Å²) in [6.07, 6.45) is -9.57. The van der Waals surface area contributed by atoms with Crippen molar-refractivity contribution in [1.29, 1.82) is 0 Å². The number of alkyl halides is 8. The lowest BCUT2D eigenvalue weighted by Crippen LogP contribution is -2.30. The zero-order chi connectivity index (χ0) is 13.0. The molecule has 0 radical (unpaired) electrons. The average Bonchev–Trinajstić information content (AvgIpc) is 2.08. The van der Waals surface area contributed by atoms with Crippen LogP contribution in [0.4, 0.5) is 26.3 Å². The third-order valence-corrected chi connectivity index (χ3v) is 1.87. The average molecular weight is 295 g/mol. The first-order valence-corrected chi connectivity index (χ1v) is 4.57. The van der Waals surface area contributed by atoms with Gasteiger partial charge in [0.15, 0.2) is 0 Å². The molecule has 0 N–H and O–H groups in total. The van der Waals surface area contributed by atoms with Gasteiger partial charge in [0.2, 0.25) is 11.1 Å². The first-order valence-electron chi connectivity index (χ1n) is 3.70. The predicted octanol–water partition coefficient (Wildman–Crippen LogP) is 3.27. The molecular formula is C6H6Cl2F6O2. The summed E-state index contributed by atoms with van der Waals surface area (Å²) in [4.78, 5) is 0. The minimum atomic E-state index is -4.79.